The van der Waals surface area contributed by atoms with Crippen LogP contribution in [0.3, 0.4) is 0 Å². The zero-order chi connectivity index (χ0) is 12.7. The molecule has 4 heteroatoms. The van der Waals surface area contributed by atoms with Crippen LogP contribution in [0.15, 0.2) is 24.3 Å². The average Bonchev–Trinajstić information content (AvgIpc) is 2.30. The molecular formula is C13H12FNO2. The summed E-state index contributed by atoms with van der Waals surface area (Å²) < 4.78 is 18.0. The Hall–Kier alpha value is -2.15. The van der Waals surface area contributed by atoms with Gasteiger partial charge in [-0.1, -0.05) is 6.07 Å². The lowest BCUT2D eigenvalue weighted by Gasteiger charge is -2.00. The third-order valence-electron chi connectivity index (χ3n) is 2.03. The predicted octanol–water partition coefficient (Wildman–Crippen LogP) is 2.47. The van der Waals surface area contributed by atoms with Crippen molar-refractivity contribution >= 4 is 12.0 Å². The SMILES string of the molecule is CCOC(=O)C=Cc1cc(CC#N)ccc1F. The fraction of sp³-hybridized carbons (Fsp3) is 0.231. The summed E-state index contributed by atoms with van der Waals surface area (Å²) in [6, 6.07) is 6.33. The first-order chi connectivity index (χ1) is 8.17. The Bertz CT molecular complexity index is 475. The van der Waals surface area contributed by atoms with E-state index < -0.39 is 11.8 Å². The molecule has 0 aliphatic carbocycles. The Morgan fingerprint density at radius 1 is 1.59 bits per heavy atom. The number of halogens is 1. The number of esters is 1. The fourth-order valence-corrected chi connectivity index (χ4v) is 1.27. The molecule has 0 bridgehead atoms. The number of carbonyl (C=O) groups is 1. The molecule has 0 fully saturated rings. The van der Waals surface area contributed by atoms with Gasteiger partial charge >= 0.3 is 5.97 Å². The van der Waals surface area contributed by atoms with E-state index in [4.69, 9.17) is 5.26 Å². The molecule has 0 aliphatic heterocycles. The van der Waals surface area contributed by atoms with Crippen molar-refractivity contribution in [2.45, 2.75) is 13.3 Å². The van der Waals surface area contributed by atoms with Crippen LogP contribution in [0.4, 0.5) is 4.39 Å². The number of nitriles is 1. The zero-order valence-electron chi connectivity index (χ0n) is 9.44. The largest absolute Gasteiger partial charge is 0.463 e. The van der Waals surface area contributed by atoms with Crippen molar-refractivity contribution in [3.63, 3.8) is 0 Å². The summed E-state index contributed by atoms with van der Waals surface area (Å²) in [6.45, 7) is 1.97. The fourth-order valence-electron chi connectivity index (χ4n) is 1.27. The standard InChI is InChI=1S/C13H12FNO2/c1-2-17-13(16)6-4-11-9-10(7-8-15)3-5-12(11)14/h3-6,9H,2,7H2,1H3. The summed E-state index contributed by atoms with van der Waals surface area (Å²) in [6.07, 6.45) is 2.72. The number of carbonyl (C=O) groups excluding carboxylic acids is 1. The van der Waals surface area contributed by atoms with E-state index in [1.54, 1.807) is 13.0 Å². The number of hydrogen-bond donors (Lipinski definition) is 0. The Balaban J connectivity index is 2.86. The van der Waals surface area contributed by atoms with Crippen LogP contribution in [0, 0.1) is 17.1 Å². The van der Waals surface area contributed by atoms with Crippen LogP contribution < -0.4 is 0 Å². The molecule has 0 radical (unpaired) electrons. The van der Waals surface area contributed by atoms with E-state index >= 15 is 0 Å². The van der Waals surface area contributed by atoms with Crippen LogP contribution in [0.1, 0.15) is 18.1 Å². The normalized spacial score (nSPS) is 10.2. The third-order valence-corrected chi connectivity index (χ3v) is 2.03. The molecule has 0 unspecified atom stereocenters. The van der Waals surface area contributed by atoms with Crippen LogP contribution in [-0.2, 0) is 16.0 Å². The van der Waals surface area contributed by atoms with E-state index in [-0.39, 0.29) is 18.6 Å². The first kappa shape index (κ1) is 12.9. The molecule has 88 valence electrons. The van der Waals surface area contributed by atoms with Gasteiger partial charge in [0.05, 0.1) is 19.1 Å². The van der Waals surface area contributed by atoms with Crippen molar-refractivity contribution in [3.05, 3.63) is 41.2 Å². The lowest BCUT2D eigenvalue weighted by Crippen LogP contribution is -1.99. The zero-order valence-corrected chi connectivity index (χ0v) is 9.44. The Morgan fingerprint density at radius 3 is 3.00 bits per heavy atom. The second kappa shape index (κ2) is 6.44. The van der Waals surface area contributed by atoms with Crippen molar-refractivity contribution < 1.29 is 13.9 Å². The molecule has 1 aromatic carbocycles. The minimum absolute atomic E-state index is 0.209. The lowest BCUT2D eigenvalue weighted by atomic mass is 10.1. The van der Waals surface area contributed by atoms with Crippen LogP contribution in [0.2, 0.25) is 0 Å². The third kappa shape index (κ3) is 4.07. The number of rotatable bonds is 4. The molecule has 0 heterocycles. The number of hydrogen-bond acceptors (Lipinski definition) is 3. The van der Waals surface area contributed by atoms with E-state index in [1.165, 1.54) is 18.2 Å². The van der Waals surface area contributed by atoms with E-state index in [2.05, 4.69) is 4.74 Å². The summed E-state index contributed by atoms with van der Waals surface area (Å²) in [4.78, 5) is 11.1. The minimum Gasteiger partial charge on any atom is -0.463 e. The van der Waals surface area contributed by atoms with E-state index in [0.29, 0.717) is 5.56 Å². The maximum Gasteiger partial charge on any atom is 0.330 e. The number of benzene rings is 1. The average molecular weight is 233 g/mol. The maximum atomic E-state index is 13.4. The summed E-state index contributed by atoms with van der Waals surface area (Å²) >= 11 is 0. The van der Waals surface area contributed by atoms with Gasteiger partial charge in [-0.05, 0) is 30.7 Å². The van der Waals surface area contributed by atoms with Gasteiger partial charge in [0.15, 0.2) is 0 Å². The van der Waals surface area contributed by atoms with Crippen molar-refractivity contribution in [3.8, 4) is 6.07 Å². The highest BCUT2D eigenvalue weighted by Gasteiger charge is 2.02. The van der Waals surface area contributed by atoms with Gasteiger partial charge in [-0.3, -0.25) is 0 Å². The molecule has 0 aliphatic rings. The smallest absolute Gasteiger partial charge is 0.330 e. The number of ether oxygens (including phenoxy) is 1. The quantitative estimate of drug-likeness (QED) is 0.593. The van der Waals surface area contributed by atoms with Crippen LogP contribution in [-0.4, -0.2) is 12.6 Å². The molecule has 0 spiro atoms. The van der Waals surface area contributed by atoms with E-state index in [9.17, 15) is 9.18 Å². The molecule has 0 saturated heterocycles. The first-order valence-electron chi connectivity index (χ1n) is 5.17. The van der Waals surface area contributed by atoms with Crippen molar-refractivity contribution in [2.24, 2.45) is 0 Å². The summed E-state index contributed by atoms with van der Waals surface area (Å²) in [5.74, 6) is -0.954. The highest BCUT2D eigenvalue weighted by Crippen LogP contribution is 2.12. The Kier molecular flexibility index (Phi) is 4.89. The molecule has 1 aromatic rings. The summed E-state index contributed by atoms with van der Waals surface area (Å²) in [7, 11) is 0. The Labute approximate surface area is 99.1 Å². The first-order valence-corrected chi connectivity index (χ1v) is 5.17. The van der Waals surface area contributed by atoms with Gasteiger partial charge in [-0.25, -0.2) is 9.18 Å². The monoisotopic (exact) mass is 233 g/mol. The highest BCUT2D eigenvalue weighted by molar-refractivity contribution is 5.87. The Morgan fingerprint density at radius 2 is 2.35 bits per heavy atom. The molecule has 3 nitrogen and oxygen atoms in total. The highest BCUT2D eigenvalue weighted by atomic mass is 19.1. The van der Waals surface area contributed by atoms with Gasteiger partial charge in [0.1, 0.15) is 5.82 Å². The molecular weight excluding hydrogens is 221 g/mol. The molecule has 1 rings (SSSR count). The molecule has 0 aromatic heterocycles. The van der Waals surface area contributed by atoms with Crippen LogP contribution in [0.5, 0.6) is 0 Å². The van der Waals surface area contributed by atoms with Gasteiger partial charge in [0.2, 0.25) is 0 Å². The van der Waals surface area contributed by atoms with Gasteiger partial charge in [-0.2, -0.15) is 5.26 Å². The van der Waals surface area contributed by atoms with Gasteiger partial charge < -0.3 is 4.74 Å². The predicted molar refractivity (Wildman–Crippen MR) is 61.4 cm³/mol. The van der Waals surface area contributed by atoms with Gasteiger partial charge in [0.25, 0.3) is 0 Å². The summed E-state index contributed by atoms with van der Waals surface area (Å²) in [5, 5.41) is 8.53. The second-order valence-corrected chi connectivity index (χ2v) is 3.28. The molecule has 0 N–H and O–H groups in total. The van der Waals surface area contributed by atoms with E-state index in [0.717, 1.165) is 6.08 Å². The van der Waals surface area contributed by atoms with Crippen LogP contribution in [0.25, 0.3) is 6.08 Å². The topological polar surface area (TPSA) is 50.1 Å². The van der Waals surface area contributed by atoms with Crippen molar-refractivity contribution in [1.82, 2.24) is 0 Å². The lowest BCUT2D eigenvalue weighted by molar-refractivity contribution is -0.137. The second-order valence-electron chi connectivity index (χ2n) is 3.28. The van der Waals surface area contributed by atoms with Crippen molar-refractivity contribution in [1.29, 1.82) is 5.26 Å². The van der Waals surface area contributed by atoms with E-state index in [1.807, 2.05) is 6.07 Å². The van der Waals surface area contributed by atoms with Gasteiger partial charge in [0, 0.05) is 11.6 Å². The maximum absolute atomic E-state index is 13.4. The molecule has 0 amide bonds. The van der Waals surface area contributed by atoms with Gasteiger partial charge in [-0.15, -0.1) is 0 Å². The minimum atomic E-state index is -0.516. The number of nitrogens with zero attached hydrogens (tertiary/aromatic N) is 1. The molecule has 0 atom stereocenters. The van der Waals surface area contributed by atoms with Crippen molar-refractivity contribution in [2.75, 3.05) is 6.61 Å². The molecule has 17 heavy (non-hydrogen) atoms. The van der Waals surface area contributed by atoms with Crippen LogP contribution >= 0.6 is 0 Å². The summed E-state index contributed by atoms with van der Waals surface area (Å²) in [5.41, 5.74) is 0.975. The molecule has 0 saturated carbocycles.